The highest BCUT2D eigenvalue weighted by atomic mass is 16.4. The minimum Gasteiger partial charge on any atom is -0.481 e. The number of carbonyl (C=O) groups is 9. The monoisotopic (exact) mass is 753 g/mol. The van der Waals surface area contributed by atoms with Crippen LogP contribution in [0.4, 0.5) is 0 Å². The summed E-state index contributed by atoms with van der Waals surface area (Å²) in [5.41, 5.74) is 16.1. The Balaban J connectivity index is 3.30. The standard InChI is InChI=1S/C34H59N9O10/c1-6-19(4)28(42-33(52)25-11-9-15-43(25)20(5)44)34(53)39-21(10-7-8-14-35)30(49)41-24(16-18(2)3)32(51)38-22(12-13-27(46)47)31(50)40-23(29(37)48)17-26(36)45/h18-19,21-25,28H,6-17,35H2,1-5H3,(H2,36,45)(H2,37,48)(H,38,51)(H,39,53)(H,40,50)(H,41,49)(H,42,52)(H,46,47)/t19-,21-,22-,23-,24-,25-,28-/m0/s1. The second-order valence-corrected chi connectivity index (χ2v) is 13.9. The van der Waals surface area contributed by atoms with Crippen LogP contribution in [-0.2, 0) is 43.2 Å². The third-order valence-electron chi connectivity index (χ3n) is 9.02. The first-order valence-electron chi connectivity index (χ1n) is 18.1. The Kier molecular flexibility index (Phi) is 20.0. The van der Waals surface area contributed by atoms with Gasteiger partial charge < -0.3 is 53.8 Å². The van der Waals surface area contributed by atoms with Crippen LogP contribution in [0, 0.1) is 11.8 Å². The minimum absolute atomic E-state index is 0.0689. The lowest BCUT2D eigenvalue weighted by Crippen LogP contribution is -2.60. The number of nitrogens with two attached hydrogens (primary N) is 3. The van der Waals surface area contributed by atoms with Gasteiger partial charge in [-0.05, 0) is 63.3 Å². The summed E-state index contributed by atoms with van der Waals surface area (Å²) in [6.07, 6.45) is 1.12. The Hall–Kier alpha value is -4.81. The van der Waals surface area contributed by atoms with Crippen molar-refractivity contribution in [3.63, 3.8) is 0 Å². The fraction of sp³-hybridized carbons (Fsp3) is 0.735. The first-order chi connectivity index (χ1) is 24.8. The predicted molar refractivity (Wildman–Crippen MR) is 192 cm³/mol. The normalized spacial score (nSPS) is 17.3. The van der Waals surface area contributed by atoms with Gasteiger partial charge >= 0.3 is 5.97 Å². The molecule has 1 fully saturated rings. The van der Waals surface area contributed by atoms with Gasteiger partial charge in [0.15, 0.2) is 0 Å². The van der Waals surface area contributed by atoms with Gasteiger partial charge in [0.25, 0.3) is 0 Å². The van der Waals surface area contributed by atoms with E-state index in [1.54, 1.807) is 20.8 Å². The topological polar surface area (TPSA) is 315 Å². The van der Waals surface area contributed by atoms with Gasteiger partial charge in [0.1, 0.15) is 36.3 Å². The molecule has 0 aromatic carbocycles. The predicted octanol–water partition coefficient (Wildman–Crippen LogP) is -2.13. The quantitative estimate of drug-likeness (QED) is 0.0480. The van der Waals surface area contributed by atoms with Crippen molar-refractivity contribution in [1.82, 2.24) is 31.5 Å². The second-order valence-electron chi connectivity index (χ2n) is 13.9. The van der Waals surface area contributed by atoms with E-state index in [-0.39, 0.29) is 30.6 Å². The molecule has 1 aliphatic rings. The van der Waals surface area contributed by atoms with Crippen molar-refractivity contribution in [2.75, 3.05) is 13.1 Å². The number of hydrogen-bond acceptors (Lipinski definition) is 10. The molecule has 0 aromatic heterocycles. The van der Waals surface area contributed by atoms with Crippen molar-refractivity contribution in [1.29, 1.82) is 0 Å². The summed E-state index contributed by atoms with van der Waals surface area (Å²) in [6, 6.07) is -7.25. The zero-order chi connectivity index (χ0) is 40.4. The molecule has 1 rings (SSSR count). The van der Waals surface area contributed by atoms with E-state index in [0.717, 1.165) is 0 Å². The molecule has 300 valence electrons. The highest BCUT2D eigenvalue weighted by Gasteiger charge is 2.37. The van der Waals surface area contributed by atoms with Gasteiger partial charge in [0.05, 0.1) is 6.42 Å². The summed E-state index contributed by atoms with van der Waals surface area (Å²) in [7, 11) is 0. The van der Waals surface area contributed by atoms with Crippen molar-refractivity contribution < 1.29 is 48.3 Å². The second kappa shape index (κ2) is 23.0. The molecule has 1 heterocycles. The van der Waals surface area contributed by atoms with Gasteiger partial charge in [-0.25, -0.2) is 0 Å². The Bertz CT molecular complexity index is 1330. The molecule has 0 aliphatic carbocycles. The average Bonchev–Trinajstić information content (AvgIpc) is 3.57. The van der Waals surface area contributed by atoms with Crippen LogP contribution >= 0.6 is 0 Å². The first-order valence-corrected chi connectivity index (χ1v) is 18.1. The molecule has 1 aliphatic heterocycles. The van der Waals surface area contributed by atoms with Crippen LogP contribution in [0.5, 0.6) is 0 Å². The van der Waals surface area contributed by atoms with E-state index >= 15 is 0 Å². The number of carboxylic acids is 1. The molecule has 7 atom stereocenters. The number of primary amides is 2. The number of hydrogen-bond donors (Lipinski definition) is 9. The van der Waals surface area contributed by atoms with E-state index in [4.69, 9.17) is 17.2 Å². The SMILES string of the molecule is CC[C@H](C)[C@H](NC(=O)[C@@H]1CCCN1C(C)=O)C(=O)N[C@@H](CCCCN)C(=O)N[C@@H](CC(C)C)C(=O)N[C@@H](CCC(=O)O)C(=O)N[C@@H](CC(N)=O)C(N)=O. The summed E-state index contributed by atoms with van der Waals surface area (Å²) in [5.74, 6) is -7.80. The molecule has 0 spiro atoms. The summed E-state index contributed by atoms with van der Waals surface area (Å²) >= 11 is 0. The van der Waals surface area contributed by atoms with E-state index in [9.17, 15) is 48.3 Å². The van der Waals surface area contributed by atoms with Crippen molar-refractivity contribution in [3.05, 3.63) is 0 Å². The Morgan fingerprint density at radius 3 is 1.83 bits per heavy atom. The highest BCUT2D eigenvalue weighted by molar-refractivity contribution is 5.97. The number of amides is 8. The Morgan fingerprint density at radius 2 is 1.32 bits per heavy atom. The van der Waals surface area contributed by atoms with E-state index < -0.39 is 103 Å². The molecule has 0 radical (unpaired) electrons. The molecular formula is C34H59N9O10. The molecule has 8 amide bonds. The van der Waals surface area contributed by atoms with Gasteiger partial charge in [0.2, 0.25) is 47.3 Å². The van der Waals surface area contributed by atoms with E-state index in [1.807, 2.05) is 6.92 Å². The molecule has 12 N–H and O–H groups in total. The van der Waals surface area contributed by atoms with Crippen LogP contribution in [0.1, 0.15) is 98.8 Å². The maximum absolute atomic E-state index is 13.8. The van der Waals surface area contributed by atoms with Gasteiger partial charge in [-0.3, -0.25) is 43.2 Å². The summed E-state index contributed by atoms with van der Waals surface area (Å²) in [5, 5.41) is 22.0. The van der Waals surface area contributed by atoms with Crippen LogP contribution < -0.4 is 43.8 Å². The Morgan fingerprint density at radius 1 is 0.774 bits per heavy atom. The van der Waals surface area contributed by atoms with E-state index in [0.29, 0.717) is 45.2 Å². The zero-order valence-corrected chi connectivity index (χ0v) is 31.4. The van der Waals surface area contributed by atoms with Crippen molar-refractivity contribution in [2.45, 2.75) is 135 Å². The fourth-order valence-corrected chi connectivity index (χ4v) is 5.87. The number of nitrogens with one attached hydrogen (secondary N) is 5. The zero-order valence-electron chi connectivity index (χ0n) is 31.4. The van der Waals surface area contributed by atoms with E-state index in [1.165, 1.54) is 11.8 Å². The third kappa shape index (κ3) is 16.2. The molecule has 19 nitrogen and oxygen atoms in total. The smallest absolute Gasteiger partial charge is 0.303 e. The van der Waals surface area contributed by atoms with Crippen LogP contribution in [-0.4, -0.2) is 113 Å². The van der Waals surface area contributed by atoms with Crippen molar-refractivity contribution >= 4 is 53.2 Å². The first kappa shape index (κ1) is 46.2. The molecule has 0 saturated carbocycles. The number of nitrogens with zero attached hydrogens (tertiary/aromatic N) is 1. The number of carbonyl (C=O) groups excluding carboxylic acids is 8. The highest BCUT2D eigenvalue weighted by Crippen LogP contribution is 2.19. The molecule has 0 unspecified atom stereocenters. The molecule has 1 saturated heterocycles. The van der Waals surface area contributed by atoms with Crippen LogP contribution in [0.15, 0.2) is 0 Å². The van der Waals surface area contributed by atoms with Gasteiger partial charge in [-0.1, -0.05) is 34.1 Å². The van der Waals surface area contributed by atoms with Crippen LogP contribution in [0.3, 0.4) is 0 Å². The number of rotatable bonds is 24. The lowest BCUT2D eigenvalue weighted by Gasteiger charge is -2.30. The van der Waals surface area contributed by atoms with E-state index in [2.05, 4.69) is 26.6 Å². The molecule has 19 heteroatoms. The van der Waals surface area contributed by atoms with Gasteiger partial charge in [-0.2, -0.15) is 0 Å². The summed E-state index contributed by atoms with van der Waals surface area (Å²) in [6.45, 7) is 9.28. The summed E-state index contributed by atoms with van der Waals surface area (Å²) in [4.78, 5) is 116. The maximum atomic E-state index is 13.8. The fourth-order valence-electron chi connectivity index (χ4n) is 5.87. The number of unbranched alkanes of at least 4 members (excludes halogenated alkanes) is 1. The van der Waals surface area contributed by atoms with Crippen molar-refractivity contribution in [2.24, 2.45) is 29.0 Å². The molecule has 0 bridgehead atoms. The van der Waals surface area contributed by atoms with Gasteiger partial charge in [-0.15, -0.1) is 0 Å². The number of carboxylic acid groups (broad SMARTS) is 1. The lowest BCUT2D eigenvalue weighted by molar-refractivity contribution is -0.139. The molecular weight excluding hydrogens is 694 g/mol. The maximum Gasteiger partial charge on any atom is 0.303 e. The van der Waals surface area contributed by atoms with Crippen LogP contribution in [0.25, 0.3) is 0 Å². The summed E-state index contributed by atoms with van der Waals surface area (Å²) < 4.78 is 0. The Labute approximate surface area is 310 Å². The average molecular weight is 754 g/mol. The third-order valence-corrected chi connectivity index (χ3v) is 9.02. The van der Waals surface area contributed by atoms with Crippen molar-refractivity contribution in [3.8, 4) is 0 Å². The van der Waals surface area contributed by atoms with Crippen LogP contribution in [0.2, 0.25) is 0 Å². The van der Waals surface area contributed by atoms with Gasteiger partial charge in [0, 0.05) is 19.9 Å². The minimum atomic E-state index is -1.52. The number of likely N-dealkylation sites (tertiary alicyclic amines) is 1. The number of aliphatic carboxylic acids is 1. The lowest BCUT2D eigenvalue weighted by atomic mass is 9.96. The molecule has 53 heavy (non-hydrogen) atoms. The largest absolute Gasteiger partial charge is 0.481 e. The molecule has 0 aromatic rings.